The molecule has 1 saturated heterocycles. The molecule has 2 aromatic heterocycles. The Bertz CT molecular complexity index is 781. The van der Waals surface area contributed by atoms with Gasteiger partial charge >= 0.3 is 5.97 Å². The lowest BCUT2D eigenvalue weighted by Crippen LogP contribution is -2.30. The second kappa shape index (κ2) is 5.64. The van der Waals surface area contributed by atoms with E-state index in [2.05, 4.69) is 10.1 Å². The van der Waals surface area contributed by atoms with Crippen molar-refractivity contribution in [3.63, 3.8) is 0 Å². The second-order valence-electron chi connectivity index (χ2n) is 6.29. The third-order valence-corrected chi connectivity index (χ3v) is 4.20. The third-order valence-electron chi connectivity index (χ3n) is 4.20. The molecule has 1 atom stereocenters. The number of carboxylic acids is 1. The van der Waals surface area contributed by atoms with Crippen LogP contribution in [0.25, 0.3) is 11.1 Å². The predicted octanol–water partition coefficient (Wildman–Crippen LogP) is 2.20. The number of rotatable bonds is 3. The molecule has 122 valence electrons. The van der Waals surface area contributed by atoms with Crippen molar-refractivity contribution in [2.75, 3.05) is 13.1 Å². The molecule has 7 heteroatoms. The molecule has 1 amide bonds. The van der Waals surface area contributed by atoms with E-state index in [4.69, 9.17) is 9.63 Å². The zero-order valence-electron chi connectivity index (χ0n) is 13.4. The number of aliphatic carboxylic acids is 1. The number of nitrogens with zero attached hydrogens (tertiary/aromatic N) is 3. The highest BCUT2D eigenvalue weighted by Crippen LogP contribution is 2.29. The Balaban J connectivity index is 2.03. The maximum atomic E-state index is 12.9. The molecule has 1 unspecified atom stereocenters. The van der Waals surface area contributed by atoms with Crippen molar-refractivity contribution >= 4 is 23.0 Å². The van der Waals surface area contributed by atoms with Gasteiger partial charge in [-0.3, -0.25) is 9.59 Å². The summed E-state index contributed by atoms with van der Waals surface area (Å²) in [5.74, 6) is -1.44. The van der Waals surface area contributed by atoms with Gasteiger partial charge in [0.1, 0.15) is 0 Å². The molecule has 1 aliphatic heterocycles. The first-order valence-corrected chi connectivity index (χ1v) is 7.67. The van der Waals surface area contributed by atoms with Gasteiger partial charge < -0.3 is 14.5 Å². The van der Waals surface area contributed by atoms with Crippen LogP contribution in [-0.2, 0) is 4.79 Å². The molecule has 1 aliphatic rings. The van der Waals surface area contributed by atoms with Crippen LogP contribution in [0, 0.1) is 12.8 Å². The summed E-state index contributed by atoms with van der Waals surface area (Å²) in [4.78, 5) is 29.9. The predicted molar refractivity (Wildman–Crippen MR) is 82.3 cm³/mol. The molecule has 3 heterocycles. The maximum absolute atomic E-state index is 12.9. The number of amides is 1. The minimum absolute atomic E-state index is 0.0950. The van der Waals surface area contributed by atoms with Crippen LogP contribution in [0.15, 0.2) is 10.6 Å². The van der Waals surface area contributed by atoms with Crippen LogP contribution in [-0.4, -0.2) is 45.1 Å². The number of carboxylic acid groups (broad SMARTS) is 1. The van der Waals surface area contributed by atoms with Gasteiger partial charge in [0.25, 0.3) is 11.6 Å². The molecular formula is C16H19N3O4. The van der Waals surface area contributed by atoms with Gasteiger partial charge in [-0.1, -0.05) is 19.0 Å². The highest BCUT2D eigenvalue weighted by Gasteiger charge is 2.33. The lowest BCUT2D eigenvalue weighted by atomic mass is 10.0. The van der Waals surface area contributed by atoms with Crippen LogP contribution >= 0.6 is 0 Å². The molecule has 0 saturated carbocycles. The SMILES string of the molecule is Cc1cc(C(=O)N2CCC(C(=O)O)C2)c2c(C(C)C)noc2n1. The number of aryl methyl sites for hydroxylation is 1. The fourth-order valence-electron chi connectivity index (χ4n) is 2.98. The van der Waals surface area contributed by atoms with Gasteiger partial charge in [-0.15, -0.1) is 0 Å². The van der Waals surface area contributed by atoms with Crippen molar-refractivity contribution in [1.29, 1.82) is 0 Å². The molecule has 0 spiro atoms. The largest absolute Gasteiger partial charge is 0.481 e. The van der Waals surface area contributed by atoms with Crippen molar-refractivity contribution in [3.8, 4) is 0 Å². The van der Waals surface area contributed by atoms with Gasteiger partial charge in [0, 0.05) is 18.8 Å². The van der Waals surface area contributed by atoms with E-state index in [-0.39, 0.29) is 18.4 Å². The summed E-state index contributed by atoms with van der Waals surface area (Å²) in [6, 6.07) is 1.72. The first kappa shape index (κ1) is 15.5. The molecule has 2 aromatic rings. The lowest BCUT2D eigenvalue weighted by Gasteiger charge is -2.17. The number of hydrogen-bond donors (Lipinski definition) is 1. The molecule has 0 aliphatic carbocycles. The number of aromatic nitrogens is 2. The van der Waals surface area contributed by atoms with Crippen molar-refractivity contribution < 1.29 is 19.2 Å². The molecule has 23 heavy (non-hydrogen) atoms. The highest BCUT2D eigenvalue weighted by atomic mass is 16.5. The number of pyridine rings is 1. The monoisotopic (exact) mass is 317 g/mol. The molecule has 3 rings (SSSR count). The van der Waals surface area contributed by atoms with E-state index in [0.717, 1.165) is 0 Å². The summed E-state index contributed by atoms with van der Waals surface area (Å²) in [6.45, 7) is 6.42. The Labute approximate surface area is 133 Å². The first-order valence-electron chi connectivity index (χ1n) is 7.67. The summed E-state index contributed by atoms with van der Waals surface area (Å²) >= 11 is 0. The first-order chi connectivity index (χ1) is 10.9. The summed E-state index contributed by atoms with van der Waals surface area (Å²) in [7, 11) is 0. The van der Waals surface area contributed by atoms with Gasteiger partial charge in [-0.2, -0.15) is 0 Å². The van der Waals surface area contributed by atoms with Crippen molar-refractivity contribution in [2.45, 2.75) is 33.1 Å². The average Bonchev–Trinajstić information content (AvgIpc) is 3.12. The number of likely N-dealkylation sites (tertiary alicyclic amines) is 1. The lowest BCUT2D eigenvalue weighted by molar-refractivity contribution is -0.141. The second-order valence-corrected chi connectivity index (χ2v) is 6.29. The smallest absolute Gasteiger partial charge is 0.308 e. The zero-order valence-corrected chi connectivity index (χ0v) is 13.4. The number of carbonyl (C=O) groups is 2. The van der Waals surface area contributed by atoms with E-state index in [1.165, 1.54) is 0 Å². The molecule has 7 nitrogen and oxygen atoms in total. The molecule has 0 aromatic carbocycles. The molecule has 1 fully saturated rings. The van der Waals surface area contributed by atoms with Crippen LogP contribution in [0.1, 0.15) is 47.9 Å². The minimum atomic E-state index is -0.857. The fourth-order valence-corrected chi connectivity index (χ4v) is 2.98. The molecule has 0 bridgehead atoms. The summed E-state index contributed by atoms with van der Waals surface area (Å²) < 4.78 is 5.28. The van der Waals surface area contributed by atoms with Crippen LogP contribution < -0.4 is 0 Å². The van der Waals surface area contributed by atoms with E-state index in [0.29, 0.717) is 41.0 Å². The standard InChI is InChI=1S/C16H19N3O4/c1-8(2)13-12-11(6-9(3)17-14(12)23-18-13)15(20)19-5-4-10(7-19)16(21)22/h6,8,10H,4-5,7H2,1-3H3,(H,21,22). The van der Waals surface area contributed by atoms with Gasteiger partial charge in [0.05, 0.1) is 22.6 Å². The topological polar surface area (TPSA) is 96.5 Å². The zero-order chi connectivity index (χ0) is 16.7. The Morgan fingerprint density at radius 1 is 1.43 bits per heavy atom. The Morgan fingerprint density at radius 3 is 2.78 bits per heavy atom. The molecule has 0 radical (unpaired) electrons. The quantitative estimate of drug-likeness (QED) is 0.932. The minimum Gasteiger partial charge on any atom is -0.481 e. The van der Waals surface area contributed by atoms with Crippen LogP contribution in [0.3, 0.4) is 0 Å². The van der Waals surface area contributed by atoms with Crippen molar-refractivity contribution in [2.24, 2.45) is 5.92 Å². The number of carbonyl (C=O) groups excluding carboxylic acids is 1. The summed E-state index contributed by atoms with van der Waals surface area (Å²) in [6.07, 6.45) is 0.481. The summed E-state index contributed by atoms with van der Waals surface area (Å²) in [5.41, 5.74) is 2.21. The Hall–Kier alpha value is -2.44. The normalized spacial score (nSPS) is 18.1. The van der Waals surface area contributed by atoms with Crippen LogP contribution in [0.4, 0.5) is 0 Å². The average molecular weight is 317 g/mol. The van der Waals surface area contributed by atoms with Crippen molar-refractivity contribution in [3.05, 3.63) is 23.0 Å². The maximum Gasteiger partial charge on any atom is 0.308 e. The fraction of sp³-hybridized carbons (Fsp3) is 0.500. The van der Waals surface area contributed by atoms with Gasteiger partial charge in [-0.05, 0) is 25.3 Å². The number of fused-ring (bicyclic) bond motifs is 1. The Morgan fingerprint density at radius 2 is 2.17 bits per heavy atom. The van der Waals surface area contributed by atoms with Crippen LogP contribution in [0.5, 0.6) is 0 Å². The van der Waals surface area contributed by atoms with E-state index >= 15 is 0 Å². The van der Waals surface area contributed by atoms with Gasteiger partial charge in [0.15, 0.2) is 0 Å². The summed E-state index contributed by atoms with van der Waals surface area (Å²) in [5, 5.41) is 13.8. The van der Waals surface area contributed by atoms with Gasteiger partial charge in [-0.25, -0.2) is 4.98 Å². The molecular weight excluding hydrogens is 298 g/mol. The highest BCUT2D eigenvalue weighted by molar-refractivity contribution is 6.06. The Kier molecular flexibility index (Phi) is 3.79. The van der Waals surface area contributed by atoms with Gasteiger partial charge in [0.2, 0.25) is 0 Å². The van der Waals surface area contributed by atoms with E-state index in [9.17, 15) is 9.59 Å². The third kappa shape index (κ3) is 2.67. The van der Waals surface area contributed by atoms with E-state index < -0.39 is 11.9 Å². The number of hydrogen-bond acceptors (Lipinski definition) is 5. The van der Waals surface area contributed by atoms with E-state index in [1.54, 1.807) is 17.9 Å². The van der Waals surface area contributed by atoms with E-state index in [1.807, 2.05) is 13.8 Å². The van der Waals surface area contributed by atoms with Crippen molar-refractivity contribution in [1.82, 2.24) is 15.0 Å². The van der Waals surface area contributed by atoms with Crippen LogP contribution in [0.2, 0.25) is 0 Å². The molecule has 1 N–H and O–H groups in total.